The van der Waals surface area contributed by atoms with Gasteiger partial charge in [-0.05, 0) is 30.5 Å². The fourth-order valence-electron chi connectivity index (χ4n) is 7.47. The molecule has 1 N–H and O–H groups in total. The lowest BCUT2D eigenvalue weighted by molar-refractivity contribution is -0.147. The van der Waals surface area contributed by atoms with Crippen molar-refractivity contribution in [3.8, 4) is 0 Å². The molecule has 220 valence electrons. The van der Waals surface area contributed by atoms with Crippen molar-refractivity contribution in [2.75, 3.05) is 24.6 Å². The number of carbonyl (C=O) groups is 3. The molecular weight excluding hydrogens is 546 g/mol. The van der Waals surface area contributed by atoms with Gasteiger partial charge in [0.1, 0.15) is 6.04 Å². The van der Waals surface area contributed by atoms with Crippen LogP contribution in [0.5, 0.6) is 0 Å². The summed E-state index contributed by atoms with van der Waals surface area (Å²) in [5, 5.41) is 10.7. The first-order valence-electron chi connectivity index (χ1n) is 14.9. The van der Waals surface area contributed by atoms with Crippen molar-refractivity contribution in [1.29, 1.82) is 0 Å². The fraction of sp³-hybridized carbons (Fsp3) is 0.441. The van der Waals surface area contributed by atoms with E-state index in [4.69, 9.17) is 0 Å². The number of rotatable bonds is 7. The summed E-state index contributed by atoms with van der Waals surface area (Å²) in [5.74, 6) is -1.89. The van der Waals surface area contributed by atoms with Crippen LogP contribution >= 0.6 is 11.8 Å². The van der Waals surface area contributed by atoms with Gasteiger partial charge >= 0.3 is 0 Å². The molecule has 4 heterocycles. The second-order valence-corrected chi connectivity index (χ2v) is 14.0. The quantitative estimate of drug-likeness (QED) is 0.491. The Balaban J connectivity index is 1.48. The fourth-order valence-corrected chi connectivity index (χ4v) is 9.61. The molecule has 7 atom stereocenters. The lowest BCUT2D eigenvalue weighted by Crippen LogP contribution is -2.58. The highest BCUT2D eigenvalue weighted by molar-refractivity contribution is 8.02. The van der Waals surface area contributed by atoms with E-state index in [2.05, 4.69) is 6.08 Å². The van der Waals surface area contributed by atoms with Crippen molar-refractivity contribution in [2.45, 2.75) is 55.3 Å². The minimum absolute atomic E-state index is 0.0284. The van der Waals surface area contributed by atoms with Crippen LogP contribution in [0.25, 0.3) is 0 Å². The Morgan fingerprint density at radius 1 is 0.905 bits per heavy atom. The van der Waals surface area contributed by atoms with Crippen molar-refractivity contribution >= 4 is 35.2 Å². The maximum atomic E-state index is 14.8. The number of nitrogens with zero attached hydrogens (tertiary/aromatic N) is 3. The maximum Gasteiger partial charge on any atom is 0.247 e. The van der Waals surface area contributed by atoms with Gasteiger partial charge in [-0.2, -0.15) is 0 Å². The Morgan fingerprint density at radius 3 is 2.24 bits per heavy atom. The van der Waals surface area contributed by atoms with Crippen LogP contribution in [0, 0.1) is 17.8 Å². The summed E-state index contributed by atoms with van der Waals surface area (Å²) in [4.78, 5) is 49.3. The van der Waals surface area contributed by atoms with Gasteiger partial charge < -0.3 is 19.8 Å². The van der Waals surface area contributed by atoms with Gasteiger partial charge in [0.05, 0.1) is 29.2 Å². The van der Waals surface area contributed by atoms with Crippen molar-refractivity contribution < 1.29 is 19.5 Å². The van der Waals surface area contributed by atoms with Crippen LogP contribution in [0.3, 0.4) is 0 Å². The smallest absolute Gasteiger partial charge is 0.247 e. The first-order chi connectivity index (χ1) is 20.3. The molecule has 0 aliphatic carbocycles. The van der Waals surface area contributed by atoms with Crippen LogP contribution in [-0.4, -0.2) is 73.9 Å². The van der Waals surface area contributed by atoms with E-state index >= 15 is 0 Å². The lowest BCUT2D eigenvalue weighted by atomic mass is 9.74. The molecule has 0 radical (unpaired) electrons. The highest BCUT2D eigenvalue weighted by atomic mass is 32.2. The predicted molar refractivity (Wildman–Crippen MR) is 166 cm³/mol. The predicted octanol–water partition coefficient (Wildman–Crippen LogP) is 4.28. The number of aliphatic hydroxyl groups excluding tert-OH is 1. The molecule has 42 heavy (non-hydrogen) atoms. The second-order valence-electron chi connectivity index (χ2n) is 12.2. The monoisotopic (exact) mass is 585 g/mol. The van der Waals surface area contributed by atoms with Crippen LogP contribution in [0.2, 0.25) is 0 Å². The largest absolute Gasteiger partial charge is 0.394 e. The molecule has 7 nitrogen and oxygen atoms in total. The van der Waals surface area contributed by atoms with Crippen molar-refractivity contribution in [2.24, 2.45) is 17.8 Å². The molecule has 1 unspecified atom stereocenters. The Bertz CT molecular complexity index is 1410. The molecule has 8 heteroatoms. The number of aliphatic hydroxyl groups is 1. The maximum absolute atomic E-state index is 14.8. The lowest BCUT2D eigenvalue weighted by Gasteiger charge is -2.41. The summed E-state index contributed by atoms with van der Waals surface area (Å²) in [5.41, 5.74) is 1.80. The summed E-state index contributed by atoms with van der Waals surface area (Å²) in [6.07, 6.45) is 8.90. The van der Waals surface area contributed by atoms with Gasteiger partial charge in [-0.25, -0.2) is 0 Å². The van der Waals surface area contributed by atoms with E-state index in [1.54, 1.807) is 21.6 Å². The SMILES string of the molecule is CC[C@H](C)[C@H](CO)N1C(=O)[C@@H]2[C@H]3C(=O)N(c4ccccc4)CC=C[C@@]3(C)S[C@@]23C=CCN(Cc2ccccc2)C(=O)C13. The highest BCUT2D eigenvalue weighted by Crippen LogP contribution is 2.66. The van der Waals surface area contributed by atoms with Gasteiger partial charge in [0.15, 0.2) is 0 Å². The van der Waals surface area contributed by atoms with E-state index in [1.165, 1.54) is 0 Å². The number of fused-ring (bicyclic) bond motifs is 2. The first-order valence-corrected chi connectivity index (χ1v) is 15.7. The minimum atomic E-state index is -0.945. The molecule has 0 bridgehead atoms. The first kappa shape index (κ1) is 28.7. The Labute approximate surface area is 252 Å². The summed E-state index contributed by atoms with van der Waals surface area (Å²) < 4.78 is -1.63. The number of hydrogen-bond acceptors (Lipinski definition) is 5. The molecule has 2 saturated heterocycles. The van der Waals surface area contributed by atoms with Gasteiger partial charge in [-0.3, -0.25) is 14.4 Å². The number of anilines is 1. The van der Waals surface area contributed by atoms with E-state index in [9.17, 15) is 19.5 Å². The molecular formula is C34H39N3O4S. The van der Waals surface area contributed by atoms with Crippen LogP contribution in [0.4, 0.5) is 5.69 Å². The normalized spacial score (nSPS) is 31.9. The number of carbonyl (C=O) groups excluding carboxylic acids is 3. The zero-order valence-electron chi connectivity index (χ0n) is 24.4. The topological polar surface area (TPSA) is 81.2 Å². The third kappa shape index (κ3) is 4.42. The Kier molecular flexibility index (Phi) is 7.56. The van der Waals surface area contributed by atoms with Crippen LogP contribution in [-0.2, 0) is 20.9 Å². The molecule has 4 aliphatic rings. The van der Waals surface area contributed by atoms with Gasteiger partial charge in [-0.15, -0.1) is 11.8 Å². The second kappa shape index (κ2) is 11.0. The average Bonchev–Trinajstić information content (AvgIpc) is 3.27. The Hall–Kier alpha value is -3.36. The number of amides is 3. The van der Waals surface area contributed by atoms with Crippen molar-refractivity contribution in [3.05, 3.63) is 90.5 Å². The summed E-state index contributed by atoms with van der Waals surface area (Å²) >= 11 is 1.58. The van der Waals surface area contributed by atoms with E-state index in [-0.39, 0.29) is 30.2 Å². The van der Waals surface area contributed by atoms with E-state index in [0.717, 1.165) is 17.7 Å². The van der Waals surface area contributed by atoms with Gasteiger partial charge in [0, 0.05) is 30.1 Å². The highest BCUT2D eigenvalue weighted by Gasteiger charge is 2.74. The number of thioether (sulfide) groups is 1. The molecule has 6 rings (SSSR count). The van der Waals surface area contributed by atoms with E-state index in [1.807, 2.05) is 105 Å². The summed E-state index contributed by atoms with van der Waals surface area (Å²) in [6.45, 7) is 7.09. The van der Waals surface area contributed by atoms with Crippen LogP contribution in [0.15, 0.2) is 85.0 Å². The van der Waals surface area contributed by atoms with Crippen LogP contribution < -0.4 is 4.90 Å². The van der Waals surface area contributed by atoms with Crippen LogP contribution in [0.1, 0.15) is 32.8 Å². The van der Waals surface area contributed by atoms with Crippen molar-refractivity contribution in [3.63, 3.8) is 0 Å². The summed E-state index contributed by atoms with van der Waals surface area (Å²) in [7, 11) is 0. The average molecular weight is 586 g/mol. The van der Waals surface area contributed by atoms with E-state index < -0.39 is 33.4 Å². The Morgan fingerprint density at radius 2 is 1.57 bits per heavy atom. The van der Waals surface area contributed by atoms with E-state index in [0.29, 0.717) is 19.6 Å². The third-order valence-electron chi connectivity index (χ3n) is 9.71. The molecule has 0 aromatic heterocycles. The molecule has 2 aromatic carbocycles. The molecule has 3 amide bonds. The number of hydrogen-bond donors (Lipinski definition) is 1. The molecule has 0 saturated carbocycles. The molecule has 2 fully saturated rings. The van der Waals surface area contributed by atoms with Gasteiger partial charge in [0.25, 0.3) is 0 Å². The molecule has 1 spiro atoms. The van der Waals surface area contributed by atoms with Gasteiger partial charge in [0.2, 0.25) is 17.7 Å². The molecule has 2 aromatic rings. The molecule has 4 aliphatic heterocycles. The zero-order chi connectivity index (χ0) is 29.6. The number of benzene rings is 2. The number of para-hydroxylation sites is 1. The standard InChI is InChI=1S/C34H39N3O4S/c1-4-23(2)26(22-38)37-29-32(41)35(21-24-13-7-5-8-14-24)19-12-18-34(29)28(31(37)40)27-30(39)36(25-15-9-6-10-16-25)20-11-17-33(27,3)42-34/h5-18,23,26-29,38H,4,19-22H2,1-3H3/t23-,26-,27-,28-,29?,33+,34-/m0/s1. The number of likely N-dealkylation sites (tertiary alicyclic amines) is 1. The third-order valence-corrected chi connectivity index (χ3v) is 11.5. The van der Waals surface area contributed by atoms with Crippen molar-refractivity contribution in [1.82, 2.24) is 9.80 Å². The zero-order valence-corrected chi connectivity index (χ0v) is 25.2. The van der Waals surface area contributed by atoms with Gasteiger partial charge in [-0.1, -0.05) is 93.1 Å². The summed E-state index contributed by atoms with van der Waals surface area (Å²) in [6, 6.07) is 18.1. The minimum Gasteiger partial charge on any atom is -0.394 e.